The van der Waals surface area contributed by atoms with Crippen LogP contribution in [0.2, 0.25) is 0 Å². The number of aliphatic hydroxyl groups is 1. The van der Waals surface area contributed by atoms with Crippen LogP contribution in [0.25, 0.3) is 16.8 Å². The van der Waals surface area contributed by atoms with Crippen LogP contribution in [-0.4, -0.2) is 33.4 Å². The van der Waals surface area contributed by atoms with Gasteiger partial charge in [-0.2, -0.15) is 5.10 Å². The molecule has 3 aromatic rings. The number of aliphatic hydroxyl groups excluding tert-OH is 1. The van der Waals surface area contributed by atoms with E-state index in [2.05, 4.69) is 27.6 Å². The van der Waals surface area contributed by atoms with Gasteiger partial charge >= 0.3 is 0 Å². The van der Waals surface area contributed by atoms with Crippen LogP contribution >= 0.6 is 0 Å². The monoisotopic (exact) mass is 447 g/mol. The van der Waals surface area contributed by atoms with Gasteiger partial charge in [0.05, 0.1) is 17.8 Å². The summed E-state index contributed by atoms with van der Waals surface area (Å²) in [5.74, 6) is -0.742. The Morgan fingerprint density at radius 3 is 2.67 bits per heavy atom. The van der Waals surface area contributed by atoms with Crippen LogP contribution in [0.3, 0.4) is 0 Å². The molecule has 3 N–H and O–H groups in total. The molecule has 1 aliphatic rings. The molecule has 2 atom stereocenters. The normalized spacial score (nSPS) is 18.8. The van der Waals surface area contributed by atoms with E-state index in [9.17, 15) is 14.3 Å². The lowest BCUT2D eigenvalue weighted by Crippen LogP contribution is -2.45. The van der Waals surface area contributed by atoms with E-state index in [0.29, 0.717) is 29.5 Å². The molecular formula is C27H30FN3O2. The number of allylic oxidation sites excluding steroid dienone is 1. The zero-order valence-corrected chi connectivity index (χ0v) is 18.9. The third kappa shape index (κ3) is 5.57. The summed E-state index contributed by atoms with van der Waals surface area (Å²) in [6.45, 7) is 1.81. The maximum atomic E-state index is 14.8. The largest absolute Gasteiger partial charge is 0.391 e. The maximum absolute atomic E-state index is 14.8. The molecule has 1 unspecified atom stereocenters. The van der Waals surface area contributed by atoms with Gasteiger partial charge in [0.15, 0.2) is 0 Å². The van der Waals surface area contributed by atoms with Gasteiger partial charge in [0.25, 0.3) is 5.91 Å². The van der Waals surface area contributed by atoms with Gasteiger partial charge in [-0.1, -0.05) is 55.3 Å². The molecule has 1 saturated carbocycles. The van der Waals surface area contributed by atoms with Crippen molar-refractivity contribution in [1.82, 2.24) is 15.5 Å². The van der Waals surface area contributed by atoms with E-state index >= 15 is 0 Å². The molecular weight excluding hydrogens is 417 g/mol. The van der Waals surface area contributed by atoms with Crippen molar-refractivity contribution in [1.29, 1.82) is 0 Å². The second kappa shape index (κ2) is 10.6. The molecule has 1 aliphatic carbocycles. The lowest BCUT2D eigenvalue weighted by Gasteiger charge is -2.29. The molecule has 5 nitrogen and oxygen atoms in total. The minimum atomic E-state index is -0.556. The van der Waals surface area contributed by atoms with Gasteiger partial charge in [0, 0.05) is 17.3 Å². The molecule has 2 aromatic carbocycles. The zero-order chi connectivity index (χ0) is 23.2. The molecule has 1 amide bonds. The van der Waals surface area contributed by atoms with Crippen molar-refractivity contribution >= 4 is 11.5 Å². The molecule has 6 heteroatoms. The molecule has 1 heterocycles. The van der Waals surface area contributed by atoms with Crippen LogP contribution in [0.15, 0.2) is 60.8 Å². The molecule has 0 spiro atoms. The van der Waals surface area contributed by atoms with E-state index in [1.54, 1.807) is 12.3 Å². The van der Waals surface area contributed by atoms with Gasteiger partial charge in [-0.3, -0.25) is 9.89 Å². The number of nitrogens with one attached hydrogen (secondary N) is 2. The molecule has 0 saturated heterocycles. The Balaban J connectivity index is 1.52. The summed E-state index contributed by atoms with van der Waals surface area (Å²) in [6, 6.07) is 14.6. The lowest BCUT2D eigenvalue weighted by molar-refractivity contribution is -0.117. The number of carbonyl (C=O) groups excluding carboxylic acids is 1. The number of hydrogen-bond acceptors (Lipinski definition) is 3. The predicted octanol–water partition coefficient (Wildman–Crippen LogP) is 4.96. The van der Waals surface area contributed by atoms with Gasteiger partial charge in [0.2, 0.25) is 0 Å². The van der Waals surface area contributed by atoms with E-state index < -0.39 is 11.9 Å². The topological polar surface area (TPSA) is 78.0 Å². The van der Waals surface area contributed by atoms with Crippen molar-refractivity contribution in [2.45, 2.75) is 57.6 Å². The predicted molar refractivity (Wildman–Crippen MR) is 128 cm³/mol. The number of amides is 1. The summed E-state index contributed by atoms with van der Waals surface area (Å²) in [7, 11) is 0. The average Bonchev–Trinajstić information content (AvgIpc) is 3.35. The summed E-state index contributed by atoms with van der Waals surface area (Å²) in [5.41, 5.74) is 4.51. The number of aromatic amines is 1. The van der Waals surface area contributed by atoms with Gasteiger partial charge < -0.3 is 10.4 Å². The number of aryl methyl sites for hydroxylation is 2. The fraction of sp³-hybridized carbons (Fsp3) is 0.333. The molecule has 1 fully saturated rings. The highest BCUT2D eigenvalue weighted by Gasteiger charge is 2.27. The first-order valence-electron chi connectivity index (χ1n) is 11.6. The number of H-pyrrole nitrogens is 1. The Hall–Kier alpha value is -3.25. The van der Waals surface area contributed by atoms with Gasteiger partial charge in [-0.05, 0) is 61.4 Å². The van der Waals surface area contributed by atoms with E-state index in [1.807, 2.05) is 37.3 Å². The third-order valence-corrected chi connectivity index (χ3v) is 6.33. The van der Waals surface area contributed by atoms with Gasteiger partial charge in [0.1, 0.15) is 5.82 Å². The molecule has 33 heavy (non-hydrogen) atoms. The highest BCUT2D eigenvalue weighted by Crippen LogP contribution is 2.26. The molecule has 0 radical (unpaired) electrons. The summed E-state index contributed by atoms with van der Waals surface area (Å²) >= 11 is 0. The highest BCUT2D eigenvalue weighted by atomic mass is 19.1. The fourth-order valence-corrected chi connectivity index (χ4v) is 4.46. The molecule has 0 aliphatic heterocycles. The van der Waals surface area contributed by atoms with Crippen molar-refractivity contribution in [3.05, 3.63) is 83.3 Å². The third-order valence-electron chi connectivity index (χ3n) is 6.33. The summed E-state index contributed by atoms with van der Waals surface area (Å²) in [4.78, 5) is 13.2. The van der Waals surface area contributed by atoms with Crippen molar-refractivity contribution < 1.29 is 14.3 Å². The van der Waals surface area contributed by atoms with Crippen molar-refractivity contribution in [3.8, 4) is 11.3 Å². The van der Waals surface area contributed by atoms with Crippen LogP contribution in [0.5, 0.6) is 0 Å². The molecule has 1 aromatic heterocycles. The number of hydrogen-bond donors (Lipinski definition) is 3. The van der Waals surface area contributed by atoms with E-state index in [1.165, 1.54) is 6.07 Å². The number of aromatic nitrogens is 2. The Kier molecular flexibility index (Phi) is 7.35. The summed E-state index contributed by atoms with van der Waals surface area (Å²) < 4.78 is 14.8. The van der Waals surface area contributed by atoms with Crippen LogP contribution < -0.4 is 5.32 Å². The van der Waals surface area contributed by atoms with E-state index in [0.717, 1.165) is 42.5 Å². The average molecular weight is 448 g/mol. The second-order valence-corrected chi connectivity index (χ2v) is 8.69. The first-order valence-corrected chi connectivity index (χ1v) is 11.6. The summed E-state index contributed by atoms with van der Waals surface area (Å²) in [5, 5.41) is 20.2. The minimum absolute atomic E-state index is 0.295. The standard InChI is InChI=1S/C27H30FN3O2/c1-18-6-4-9-22(28)26(18)21(27(33)30-24-10-2-3-11-25(24)32)8-5-7-19-12-14-20(15-13-19)23-16-17-29-31-23/h4,6,8-9,12-17,24-25,32H,2-3,5,7,10-11H2,1H3,(H,29,31)(H,30,33)/b21-8+/t24?,25-/m0/s1. The van der Waals surface area contributed by atoms with Crippen molar-refractivity contribution in [2.24, 2.45) is 0 Å². The smallest absolute Gasteiger partial charge is 0.251 e. The number of halogens is 1. The van der Waals surface area contributed by atoms with E-state index in [4.69, 9.17) is 0 Å². The van der Waals surface area contributed by atoms with Gasteiger partial charge in [-0.15, -0.1) is 0 Å². The molecule has 172 valence electrons. The molecule has 4 rings (SSSR count). The van der Waals surface area contributed by atoms with Crippen LogP contribution in [0, 0.1) is 12.7 Å². The Morgan fingerprint density at radius 2 is 1.97 bits per heavy atom. The second-order valence-electron chi connectivity index (χ2n) is 8.69. The van der Waals surface area contributed by atoms with Gasteiger partial charge in [-0.25, -0.2) is 4.39 Å². The van der Waals surface area contributed by atoms with Crippen LogP contribution in [-0.2, 0) is 11.2 Å². The lowest BCUT2D eigenvalue weighted by atomic mass is 9.91. The highest BCUT2D eigenvalue weighted by molar-refractivity contribution is 6.20. The SMILES string of the molecule is Cc1cccc(F)c1/C(=C\CCc1ccc(-c2ccn[nH]2)cc1)C(=O)NC1CCCC[C@@H]1O. The number of nitrogens with zero attached hydrogens (tertiary/aromatic N) is 1. The maximum Gasteiger partial charge on any atom is 0.251 e. The zero-order valence-electron chi connectivity index (χ0n) is 18.9. The quantitative estimate of drug-likeness (QED) is 0.448. The summed E-state index contributed by atoms with van der Waals surface area (Å²) in [6.07, 6.45) is 7.63. The number of rotatable bonds is 7. The molecule has 0 bridgehead atoms. The number of benzene rings is 2. The Morgan fingerprint density at radius 1 is 1.18 bits per heavy atom. The Bertz CT molecular complexity index is 1090. The van der Waals surface area contributed by atoms with Crippen molar-refractivity contribution in [2.75, 3.05) is 0 Å². The minimum Gasteiger partial charge on any atom is -0.391 e. The number of carbonyl (C=O) groups is 1. The first kappa shape index (κ1) is 22.9. The first-order chi connectivity index (χ1) is 16.0. The van der Waals surface area contributed by atoms with Crippen LogP contribution in [0.4, 0.5) is 4.39 Å². The van der Waals surface area contributed by atoms with Crippen molar-refractivity contribution in [3.63, 3.8) is 0 Å². The van der Waals surface area contributed by atoms with E-state index in [-0.39, 0.29) is 11.9 Å². The van der Waals surface area contributed by atoms with Crippen LogP contribution in [0.1, 0.15) is 48.8 Å². The fourth-order valence-electron chi connectivity index (χ4n) is 4.46. The Labute approximate surface area is 193 Å².